The van der Waals surface area contributed by atoms with Crippen molar-refractivity contribution in [2.24, 2.45) is 0 Å². The van der Waals surface area contributed by atoms with Gasteiger partial charge >= 0.3 is 0 Å². The van der Waals surface area contributed by atoms with Crippen LogP contribution >= 0.6 is 15.9 Å². The van der Waals surface area contributed by atoms with Crippen LogP contribution in [-0.2, 0) is 6.54 Å². The van der Waals surface area contributed by atoms with Crippen LogP contribution in [0.3, 0.4) is 0 Å². The maximum absolute atomic E-state index is 10.2. The number of rotatable bonds is 3. The first kappa shape index (κ1) is 14.8. The highest BCUT2D eigenvalue weighted by molar-refractivity contribution is 9.10. The summed E-state index contributed by atoms with van der Waals surface area (Å²) in [7, 11) is 4.34. The van der Waals surface area contributed by atoms with Crippen LogP contribution in [0.25, 0.3) is 0 Å². The fourth-order valence-electron chi connectivity index (χ4n) is 2.76. The summed E-state index contributed by atoms with van der Waals surface area (Å²) in [4.78, 5) is 4.75. The maximum atomic E-state index is 10.2. The lowest BCUT2D eigenvalue weighted by molar-refractivity contribution is 0.138. The number of nitrogens with zero attached hydrogens (tertiary/aromatic N) is 2. The molecule has 0 saturated carbocycles. The van der Waals surface area contributed by atoms with Crippen LogP contribution in [0, 0.1) is 6.92 Å². The van der Waals surface area contributed by atoms with Crippen molar-refractivity contribution in [2.45, 2.75) is 32.4 Å². The summed E-state index contributed by atoms with van der Waals surface area (Å²) in [6, 6.07) is 4.59. The molecule has 1 N–H and O–H groups in total. The fourth-order valence-corrected chi connectivity index (χ4v) is 3.38. The molecule has 0 spiro atoms. The van der Waals surface area contributed by atoms with Crippen LogP contribution in [0.15, 0.2) is 16.6 Å². The molecule has 2 rings (SSSR count). The summed E-state index contributed by atoms with van der Waals surface area (Å²) in [5.41, 5.74) is 1.94. The Morgan fingerprint density at radius 3 is 2.63 bits per heavy atom. The first-order chi connectivity index (χ1) is 8.97. The van der Waals surface area contributed by atoms with Gasteiger partial charge in [-0.05, 0) is 64.6 Å². The lowest BCUT2D eigenvalue weighted by Gasteiger charge is -2.35. The van der Waals surface area contributed by atoms with E-state index in [4.69, 9.17) is 0 Å². The number of hydrogen-bond acceptors (Lipinski definition) is 3. The van der Waals surface area contributed by atoms with E-state index in [1.165, 1.54) is 25.9 Å². The van der Waals surface area contributed by atoms with Gasteiger partial charge in [0.2, 0.25) is 0 Å². The molecule has 1 saturated heterocycles. The third kappa shape index (κ3) is 3.71. The van der Waals surface area contributed by atoms with Gasteiger partial charge in [0, 0.05) is 22.6 Å². The van der Waals surface area contributed by atoms with E-state index in [0.717, 1.165) is 22.1 Å². The molecule has 4 heteroatoms. The zero-order valence-corrected chi connectivity index (χ0v) is 13.6. The Hall–Kier alpha value is -0.580. The van der Waals surface area contributed by atoms with Gasteiger partial charge in [0.05, 0.1) is 0 Å². The predicted octanol–water partition coefficient (Wildman–Crippen LogP) is 2.99. The van der Waals surface area contributed by atoms with Crippen LogP contribution in [0.1, 0.15) is 24.0 Å². The summed E-state index contributed by atoms with van der Waals surface area (Å²) in [5, 5.41) is 10.2. The molecule has 3 nitrogen and oxygen atoms in total. The van der Waals surface area contributed by atoms with Crippen molar-refractivity contribution in [2.75, 3.05) is 27.2 Å². The first-order valence-electron chi connectivity index (χ1n) is 6.84. The highest BCUT2D eigenvalue weighted by Gasteiger charge is 2.21. The van der Waals surface area contributed by atoms with Crippen molar-refractivity contribution in [3.05, 3.63) is 27.7 Å². The summed E-state index contributed by atoms with van der Waals surface area (Å²) < 4.78 is 1.04. The molecular formula is C15H23BrN2O. The van der Waals surface area contributed by atoms with E-state index in [-0.39, 0.29) is 0 Å². The Morgan fingerprint density at radius 1 is 1.37 bits per heavy atom. The van der Waals surface area contributed by atoms with E-state index >= 15 is 0 Å². The van der Waals surface area contributed by atoms with Gasteiger partial charge in [-0.1, -0.05) is 15.9 Å². The molecule has 1 aromatic carbocycles. The molecule has 1 aliphatic heterocycles. The smallest absolute Gasteiger partial charge is 0.123 e. The Bertz CT molecular complexity index is 442. The van der Waals surface area contributed by atoms with Crippen LogP contribution < -0.4 is 0 Å². The zero-order valence-electron chi connectivity index (χ0n) is 12.0. The molecular weight excluding hydrogens is 304 g/mol. The molecule has 0 unspecified atom stereocenters. The van der Waals surface area contributed by atoms with Crippen LogP contribution in [-0.4, -0.2) is 48.1 Å². The minimum absolute atomic E-state index is 0.433. The molecule has 106 valence electrons. The van der Waals surface area contributed by atoms with Gasteiger partial charge in [-0.3, -0.25) is 4.90 Å². The molecule has 0 amide bonds. The second-order valence-corrected chi connectivity index (χ2v) is 6.60. The molecule has 0 atom stereocenters. The van der Waals surface area contributed by atoms with E-state index in [9.17, 15) is 5.11 Å². The van der Waals surface area contributed by atoms with E-state index in [1.54, 1.807) is 0 Å². The number of phenolic OH excluding ortho intramolecular Hbond substituents is 1. The second kappa shape index (κ2) is 6.25. The minimum atomic E-state index is 0.433. The molecule has 0 radical (unpaired) electrons. The highest BCUT2D eigenvalue weighted by Crippen LogP contribution is 2.28. The lowest BCUT2D eigenvalue weighted by Crippen LogP contribution is -2.41. The topological polar surface area (TPSA) is 26.7 Å². The van der Waals surface area contributed by atoms with Gasteiger partial charge in [0.15, 0.2) is 0 Å². The Morgan fingerprint density at radius 2 is 2.00 bits per heavy atom. The zero-order chi connectivity index (χ0) is 14.0. The lowest BCUT2D eigenvalue weighted by atomic mass is 10.0. The first-order valence-corrected chi connectivity index (χ1v) is 7.63. The van der Waals surface area contributed by atoms with Crippen molar-refractivity contribution >= 4 is 15.9 Å². The molecule has 1 heterocycles. The number of halogens is 1. The van der Waals surface area contributed by atoms with Crippen molar-refractivity contribution in [1.29, 1.82) is 0 Å². The molecule has 19 heavy (non-hydrogen) atoms. The molecule has 0 aromatic heterocycles. The minimum Gasteiger partial charge on any atom is -0.507 e. The van der Waals surface area contributed by atoms with Crippen molar-refractivity contribution in [1.82, 2.24) is 9.80 Å². The number of hydrogen-bond donors (Lipinski definition) is 1. The number of phenols is 1. The molecule has 0 bridgehead atoms. The second-order valence-electron chi connectivity index (χ2n) is 5.68. The largest absolute Gasteiger partial charge is 0.507 e. The van der Waals surface area contributed by atoms with Crippen molar-refractivity contribution < 1.29 is 5.11 Å². The molecule has 1 aliphatic rings. The van der Waals surface area contributed by atoms with Gasteiger partial charge in [-0.15, -0.1) is 0 Å². The van der Waals surface area contributed by atoms with Gasteiger partial charge in [-0.2, -0.15) is 0 Å². The molecule has 1 aromatic rings. The number of aromatic hydroxyl groups is 1. The van der Waals surface area contributed by atoms with E-state index < -0.39 is 0 Å². The Balaban J connectivity index is 2.04. The van der Waals surface area contributed by atoms with E-state index in [2.05, 4.69) is 39.8 Å². The number of piperidine rings is 1. The summed E-state index contributed by atoms with van der Waals surface area (Å²) >= 11 is 3.50. The van der Waals surface area contributed by atoms with Gasteiger partial charge in [0.25, 0.3) is 0 Å². The number of aryl methyl sites for hydroxylation is 1. The average Bonchev–Trinajstić information content (AvgIpc) is 2.36. The van der Waals surface area contributed by atoms with Crippen LogP contribution in [0.4, 0.5) is 0 Å². The van der Waals surface area contributed by atoms with E-state index in [1.807, 2.05) is 19.1 Å². The standard InChI is InChI=1S/C15H23BrN2O/c1-11-8-13(16)9-12(15(11)19)10-18(3)14-4-6-17(2)7-5-14/h8-9,14,19H,4-7,10H2,1-3H3. The van der Waals surface area contributed by atoms with Gasteiger partial charge in [-0.25, -0.2) is 0 Å². The Labute approximate surface area is 124 Å². The van der Waals surface area contributed by atoms with Crippen LogP contribution in [0.2, 0.25) is 0 Å². The number of benzene rings is 1. The molecule has 1 fully saturated rings. The summed E-state index contributed by atoms with van der Waals surface area (Å²) in [6.07, 6.45) is 2.42. The van der Waals surface area contributed by atoms with Crippen molar-refractivity contribution in [3.8, 4) is 5.75 Å². The van der Waals surface area contributed by atoms with Gasteiger partial charge in [0.1, 0.15) is 5.75 Å². The monoisotopic (exact) mass is 326 g/mol. The molecule has 0 aliphatic carbocycles. The average molecular weight is 327 g/mol. The fraction of sp³-hybridized carbons (Fsp3) is 0.600. The van der Waals surface area contributed by atoms with Crippen LogP contribution in [0.5, 0.6) is 5.75 Å². The predicted molar refractivity (Wildman–Crippen MR) is 82.5 cm³/mol. The van der Waals surface area contributed by atoms with E-state index in [0.29, 0.717) is 11.8 Å². The SMILES string of the molecule is Cc1cc(Br)cc(CN(C)C2CCN(C)CC2)c1O. The van der Waals surface area contributed by atoms with Gasteiger partial charge < -0.3 is 10.0 Å². The number of likely N-dealkylation sites (tertiary alicyclic amines) is 1. The third-order valence-electron chi connectivity index (χ3n) is 4.08. The summed E-state index contributed by atoms with van der Waals surface area (Å²) in [5.74, 6) is 0.433. The maximum Gasteiger partial charge on any atom is 0.123 e. The third-order valence-corrected chi connectivity index (χ3v) is 4.53. The normalized spacial score (nSPS) is 18.2. The Kier molecular flexibility index (Phi) is 4.87. The quantitative estimate of drug-likeness (QED) is 0.925. The van der Waals surface area contributed by atoms with Crippen molar-refractivity contribution in [3.63, 3.8) is 0 Å². The highest BCUT2D eigenvalue weighted by atomic mass is 79.9. The summed E-state index contributed by atoms with van der Waals surface area (Å²) in [6.45, 7) is 5.08.